The highest BCUT2D eigenvalue weighted by molar-refractivity contribution is 7.91. The van der Waals surface area contributed by atoms with Gasteiger partial charge >= 0.3 is 0 Å². The summed E-state index contributed by atoms with van der Waals surface area (Å²) in [6.07, 6.45) is 1.53. The SMILES string of the molecule is O=S(=O)(c1cc(CCl)cs1)N1CCc2ccccc2CC1. The molecule has 0 spiro atoms. The number of alkyl halides is 1. The van der Waals surface area contributed by atoms with E-state index in [-0.39, 0.29) is 0 Å². The Bertz CT molecular complexity index is 713. The van der Waals surface area contributed by atoms with E-state index in [1.165, 1.54) is 22.5 Å². The summed E-state index contributed by atoms with van der Waals surface area (Å²) in [6.45, 7) is 1.07. The molecular formula is C15H16ClNO2S2. The molecule has 21 heavy (non-hydrogen) atoms. The number of fused-ring (bicyclic) bond motifs is 1. The molecular weight excluding hydrogens is 326 g/mol. The summed E-state index contributed by atoms with van der Waals surface area (Å²) < 4.78 is 27.4. The van der Waals surface area contributed by atoms with Crippen molar-refractivity contribution >= 4 is 33.0 Å². The van der Waals surface area contributed by atoms with Crippen LogP contribution in [0.4, 0.5) is 0 Å². The highest BCUT2D eigenvalue weighted by atomic mass is 35.5. The van der Waals surface area contributed by atoms with E-state index in [1.54, 1.807) is 10.4 Å². The van der Waals surface area contributed by atoms with Crippen LogP contribution in [0.25, 0.3) is 0 Å². The average molecular weight is 342 g/mol. The molecule has 6 heteroatoms. The molecule has 0 saturated carbocycles. The molecule has 0 aliphatic carbocycles. The fourth-order valence-electron chi connectivity index (χ4n) is 2.57. The predicted octanol–water partition coefficient (Wildman–Crippen LogP) is 3.28. The molecule has 0 saturated heterocycles. The van der Waals surface area contributed by atoms with Crippen LogP contribution in [0.5, 0.6) is 0 Å². The summed E-state index contributed by atoms with van der Waals surface area (Å²) in [6, 6.07) is 9.87. The highest BCUT2D eigenvalue weighted by Crippen LogP contribution is 2.27. The van der Waals surface area contributed by atoms with Gasteiger partial charge in [-0.25, -0.2) is 8.42 Å². The van der Waals surface area contributed by atoms with Crippen LogP contribution in [-0.4, -0.2) is 25.8 Å². The predicted molar refractivity (Wildman–Crippen MR) is 86.5 cm³/mol. The van der Waals surface area contributed by atoms with E-state index in [9.17, 15) is 8.42 Å². The Balaban J connectivity index is 1.84. The van der Waals surface area contributed by atoms with E-state index in [0.717, 1.165) is 18.4 Å². The normalized spacial score (nSPS) is 16.4. The van der Waals surface area contributed by atoms with Crippen molar-refractivity contribution < 1.29 is 8.42 Å². The Kier molecular flexibility index (Phi) is 4.36. The van der Waals surface area contributed by atoms with Crippen molar-refractivity contribution in [2.24, 2.45) is 0 Å². The standard InChI is InChI=1S/C15H16ClNO2S2/c16-10-12-9-15(20-11-12)21(18,19)17-7-5-13-3-1-2-4-14(13)6-8-17/h1-4,9,11H,5-8,10H2. The van der Waals surface area contributed by atoms with Gasteiger partial charge in [-0.1, -0.05) is 24.3 Å². The Morgan fingerprint density at radius 1 is 1.14 bits per heavy atom. The first-order chi connectivity index (χ1) is 10.1. The number of benzene rings is 1. The van der Waals surface area contributed by atoms with E-state index < -0.39 is 10.0 Å². The first-order valence-electron chi connectivity index (χ1n) is 6.81. The van der Waals surface area contributed by atoms with E-state index in [2.05, 4.69) is 12.1 Å². The van der Waals surface area contributed by atoms with E-state index in [1.807, 2.05) is 17.5 Å². The van der Waals surface area contributed by atoms with E-state index in [4.69, 9.17) is 11.6 Å². The summed E-state index contributed by atoms with van der Waals surface area (Å²) in [5.74, 6) is 0.345. The lowest BCUT2D eigenvalue weighted by molar-refractivity contribution is 0.428. The molecule has 0 atom stereocenters. The Morgan fingerprint density at radius 3 is 2.29 bits per heavy atom. The average Bonchev–Trinajstić information content (AvgIpc) is 2.87. The van der Waals surface area contributed by atoms with Crippen molar-refractivity contribution in [3.05, 3.63) is 52.4 Å². The van der Waals surface area contributed by atoms with Gasteiger partial charge in [0.05, 0.1) is 0 Å². The molecule has 0 N–H and O–H groups in total. The van der Waals surface area contributed by atoms with Gasteiger partial charge in [0.25, 0.3) is 10.0 Å². The zero-order valence-electron chi connectivity index (χ0n) is 11.5. The van der Waals surface area contributed by atoms with Crippen LogP contribution in [0, 0.1) is 0 Å². The smallest absolute Gasteiger partial charge is 0.206 e. The quantitative estimate of drug-likeness (QED) is 0.803. The Labute approximate surface area is 134 Å². The summed E-state index contributed by atoms with van der Waals surface area (Å²) >= 11 is 7.01. The van der Waals surface area contributed by atoms with Crippen LogP contribution in [0.3, 0.4) is 0 Å². The molecule has 0 unspecified atom stereocenters. The molecule has 2 aromatic rings. The van der Waals surface area contributed by atoms with Crippen molar-refractivity contribution in [1.29, 1.82) is 0 Å². The molecule has 2 heterocycles. The Morgan fingerprint density at radius 2 is 1.76 bits per heavy atom. The fourth-order valence-corrected chi connectivity index (χ4v) is 5.62. The molecule has 1 aromatic carbocycles. The third-order valence-corrected chi connectivity index (χ3v) is 7.43. The van der Waals surface area contributed by atoms with E-state index >= 15 is 0 Å². The second-order valence-electron chi connectivity index (χ2n) is 5.08. The second-order valence-corrected chi connectivity index (χ2v) is 8.42. The van der Waals surface area contributed by atoms with Gasteiger partial charge in [0.1, 0.15) is 4.21 Å². The third-order valence-electron chi connectivity index (χ3n) is 3.76. The third kappa shape index (κ3) is 3.01. The largest absolute Gasteiger partial charge is 0.252 e. The van der Waals surface area contributed by atoms with E-state index in [0.29, 0.717) is 23.2 Å². The number of hydrogen-bond acceptors (Lipinski definition) is 3. The molecule has 0 amide bonds. The monoisotopic (exact) mass is 341 g/mol. The van der Waals surface area contributed by atoms with Gasteiger partial charge < -0.3 is 0 Å². The summed E-state index contributed by atoms with van der Waals surface area (Å²) in [7, 11) is -3.40. The molecule has 0 fully saturated rings. The lowest BCUT2D eigenvalue weighted by Gasteiger charge is -2.18. The lowest BCUT2D eigenvalue weighted by Crippen LogP contribution is -2.32. The molecule has 3 rings (SSSR count). The highest BCUT2D eigenvalue weighted by Gasteiger charge is 2.27. The minimum atomic E-state index is -3.40. The van der Waals surface area contributed by atoms with Gasteiger partial charge in [0, 0.05) is 19.0 Å². The van der Waals surface area contributed by atoms with Crippen molar-refractivity contribution in [2.45, 2.75) is 22.9 Å². The van der Waals surface area contributed by atoms with Crippen LogP contribution in [0.1, 0.15) is 16.7 Å². The molecule has 1 aliphatic heterocycles. The van der Waals surface area contributed by atoms with Gasteiger partial charge in [0.15, 0.2) is 0 Å². The van der Waals surface area contributed by atoms with Crippen LogP contribution >= 0.6 is 22.9 Å². The summed E-state index contributed by atoms with van der Waals surface area (Å²) in [4.78, 5) is 0. The van der Waals surface area contributed by atoms with Gasteiger partial charge in [-0.2, -0.15) is 4.31 Å². The number of thiophene rings is 1. The summed E-state index contributed by atoms with van der Waals surface area (Å²) in [5.41, 5.74) is 3.36. The minimum absolute atomic E-state index is 0.345. The first-order valence-corrected chi connectivity index (χ1v) is 9.67. The van der Waals surface area contributed by atoms with Crippen molar-refractivity contribution in [1.82, 2.24) is 4.31 Å². The van der Waals surface area contributed by atoms with Crippen molar-refractivity contribution in [3.8, 4) is 0 Å². The molecule has 0 bridgehead atoms. The molecule has 3 nitrogen and oxygen atoms in total. The van der Waals surface area contributed by atoms with Gasteiger partial charge in [0.2, 0.25) is 0 Å². The first kappa shape index (κ1) is 15.0. The van der Waals surface area contributed by atoms with Gasteiger partial charge in [-0.15, -0.1) is 22.9 Å². The maximum atomic E-state index is 12.7. The van der Waals surface area contributed by atoms with Crippen LogP contribution < -0.4 is 0 Å². The zero-order chi connectivity index (χ0) is 14.9. The van der Waals surface area contributed by atoms with Crippen LogP contribution in [0.2, 0.25) is 0 Å². The number of rotatable bonds is 3. The van der Waals surface area contributed by atoms with Crippen molar-refractivity contribution in [3.63, 3.8) is 0 Å². The van der Waals surface area contributed by atoms with Crippen molar-refractivity contribution in [2.75, 3.05) is 13.1 Å². The number of nitrogens with zero attached hydrogens (tertiary/aromatic N) is 1. The number of sulfonamides is 1. The van der Waals surface area contributed by atoms with Crippen LogP contribution in [-0.2, 0) is 28.7 Å². The zero-order valence-corrected chi connectivity index (χ0v) is 13.8. The maximum Gasteiger partial charge on any atom is 0.252 e. The fraction of sp³-hybridized carbons (Fsp3) is 0.333. The lowest BCUT2D eigenvalue weighted by atomic mass is 10.0. The number of hydrogen-bond donors (Lipinski definition) is 0. The Hall–Kier alpha value is -0.880. The van der Waals surface area contributed by atoms with Gasteiger partial charge in [-0.05, 0) is 41.0 Å². The maximum absolute atomic E-state index is 12.7. The number of halogens is 1. The molecule has 1 aliphatic rings. The molecule has 1 aromatic heterocycles. The summed E-state index contributed by atoms with van der Waals surface area (Å²) in [5, 5.41) is 1.81. The molecule has 112 valence electrons. The van der Waals surface area contributed by atoms with Crippen LogP contribution in [0.15, 0.2) is 39.9 Å². The second kappa shape index (κ2) is 6.08. The molecule has 0 radical (unpaired) electrons. The topological polar surface area (TPSA) is 37.4 Å². The van der Waals surface area contributed by atoms with Gasteiger partial charge in [-0.3, -0.25) is 0 Å². The minimum Gasteiger partial charge on any atom is -0.206 e.